The first-order valence-electron chi connectivity index (χ1n) is 9.62. The summed E-state index contributed by atoms with van der Waals surface area (Å²) in [5.74, 6) is 2.62. The van der Waals surface area contributed by atoms with Crippen LogP contribution < -0.4 is 15.0 Å². The number of hydrogen-bond acceptors (Lipinski definition) is 6. The van der Waals surface area contributed by atoms with E-state index in [0.717, 1.165) is 55.3 Å². The lowest BCUT2D eigenvalue weighted by Gasteiger charge is -2.35. The lowest BCUT2D eigenvalue weighted by molar-refractivity contribution is 0.0939. The second kappa shape index (κ2) is 7.50. The van der Waals surface area contributed by atoms with Gasteiger partial charge in [-0.25, -0.2) is 9.97 Å². The van der Waals surface area contributed by atoms with Crippen molar-refractivity contribution in [2.24, 2.45) is 0 Å². The highest BCUT2D eigenvalue weighted by Crippen LogP contribution is 2.29. The van der Waals surface area contributed by atoms with Gasteiger partial charge in [0, 0.05) is 56.4 Å². The van der Waals surface area contributed by atoms with Crippen molar-refractivity contribution in [2.75, 3.05) is 24.5 Å². The van der Waals surface area contributed by atoms with Crippen LogP contribution in [0.15, 0.2) is 24.5 Å². The molecule has 0 unspecified atom stereocenters. The molecule has 0 aromatic carbocycles. The molecule has 0 atom stereocenters. The molecule has 0 aliphatic carbocycles. The number of rotatable bonds is 4. The van der Waals surface area contributed by atoms with E-state index in [1.165, 1.54) is 0 Å². The van der Waals surface area contributed by atoms with Crippen molar-refractivity contribution in [3.8, 4) is 5.75 Å². The summed E-state index contributed by atoms with van der Waals surface area (Å²) < 4.78 is 6.07. The molecule has 27 heavy (non-hydrogen) atoms. The van der Waals surface area contributed by atoms with Gasteiger partial charge in [-0.05, 0) is 18.6 Å². The first-order valence-corrected chi connectivity index (χ1v) is 9.62. The van der Waals surface area contributed by atoms with Gasteiger partial charge in [0.25, 0.3) is 5.91 Å². The number of carbonyl (C=O) groups is 1. The van der Waals surface area contributed by atoms with Gasteiger partial charge < -0.3 is 15.0 Å². The standard InChI is InChI=1S/C20H25N5O2/c1-13(2)18-23-17-16(5-10-22-20(17)26)19(24-18)25-11-6-15(7-12-25)27-14-3-8-21-9-4-14/h3-4,8-9,13,15H,5-7,10-12H2,1-2H3,(H,22,26). The third-order valence-corrected chi connectivity index (χ3v) is 5.09. The molecule has 0 saturated carbocycles. The van der Waals surface area contributed by atoms with E-state index in [1.807, 2.05) is 12.1 Å². The van der Waals surface area contributed by atoms with Crippen LogP contribution in [-0.2, 0) is 6.42 Å². The first-order chi connectivity index (χ1) is 13.1. The highest BCUT2D eigenvalue weighted by atomic mass is 16.5. The summed E-state index contributed by atoms with van der Waals surface area (Å²) in [5, 5.41) is 2.90. The molecule has 2 aliphatic rings. The van der Waals surface area contributed by atoms with E-state index in [4.69, 9.17) is 9.72 Å². The Labute approximate surface area is 159 Å². The Morgan fingerprint density at radius 2 is 1.93 bits per heavy atom. The Hall–Kier alpha value is -2.70. The second-order valence-corrected chi connectivity index (χ2v) is 7.38. The molecule has 7 heteroatoms. The van der Waals surface area contributed by atoms with Crippen molar-refractivity contribution in [1.82, 2.24) is 20.3 Å². The summed E-state index contributed by atoms with van der Waals surface area (Å²) in [4.78, 5) is 28.0. The number of anilines is 1. The number of nitrogens with zero attached hydrogens (tertiary/aromatic N) is 4. The number of nitrogens with one attached hydrogen (secondary N) is 1. The number of hydrogen-bond donors (Lipinski definition) is 1. The maximum absolute atomic E-state index is 12.3. The normalized spacial score (nSPS) is 17.6. The minimum absolute atomic E-state index is 0.0855. The number of aromatic nitrogens is 3. The number of pyridine rings is 1. The number of fused-ring (bicyclic) bond motifs is 1. The number of piperidine rings is 1. The van der Waals surface area contributed by atoms with Crippen LogP contribution in [0.1, 0.15) is 54.5 Å². The average Bonchev–Trinajstić information content (AvgIpc) is 2.69. The largest absolute Gasteiger partial charge is 0.490 e. The topological polar surface area (TPSA) is 80.2 Å². The summed E-state index contributed by atoms with van der Waals surface area (Å²) in [6.07, 6.45) is 6.30. The highest BCUT2D eigenvalue weighted by Gasteiger charge is 2.29. The van der Waals surface area contributed by atoms with E-state index in [0.29, 0.717) is 12.2 Å². The van der Waals surface area contributed by atoms with Crippen LogP contribution in [0.4, 0.5) is 5.82 Å². The molecule has 1 fully saturated rings. The van der Waals surface area contributed by atoms with Crippen molar-refractivity contribution in [3.05, 3.63) is 41.6 Å². The fourth-order valence-corrected chi connectivity index (χ4v) is 3.61. The van der Waals surface area contributed by atoms with Crippen molar-refractivity contribution in [3.63, 3.8) is 0 Å². The highest BCUT2D eigenvalue weighted by molar-refractivity contribution is 5.96. The molecule has 4 heterocycles. The summed E-state index contributed by atoms with van der Waals surface area (Å²) in [6.45, 7) is 6.48. The Morgan fingerprint density at radius 3 is 2.63 bits per heavy atom. The minimum atomic E-state index is -0.0855. The SMILES string of the molecule is CC(C)c1nc2c(c(N3CCC(Oc4ccncc4)CC3)n1)CCNC2=O. The van der Waals surface area contributed by atoms with Crippen molar-refractivity contribution >= 4 is 11.7 Å². The van der Waals surface area contributed by atoms with E-state index in [2.05, 4.69) is 34.0 Å². The van der Waals surface area contributed by atoms with E-state index >= 15 is 0 Å². The van der Waals surface area contributed by atoms with Crippen LogP contribution in [0.25, 0.3) is 0 Å². The van der Waals surface area contributed by atoms with Crippen molar-refractivity contribution < 1.29 is 9.53 Å². The molecular weight excluding hydrogens is 342 g/mol. The van der Waals surface area contributed by atoms with Crippen LogP contribution >= 0.6 is 0 Å². The summed E-state index contributed by atoms with van der Waals surface area (Å²) in [5.41, 5.74) is 1.53. The zero-order chi connectivity index (χ0) is 18.8. The molecule has 2 aliphatic heterocycles. The van der Waals surface area contributed by atoms with Crippen LogP contribution in [0.2, 0.25) is 0 Å². The maximum Gasteiger partial charge on any atom is 0.270 e. The van der Waals surface area contributed by atoms with Crippen LogP contribution in [0.5, 0.6) is 5.75 Å². The lowest BCUT2D eigenvalue weighted by Crippen LogP contribution is -2.41. The number of amides is 1. The smallest absolute Gasteiger partial charge is 0.270 e. The van der Waals surface area contributed by atoms with Gasteiger partial charge in [0.2, 0.25) is 0 Å². The van der Waals surface area contributed by atoms with E-state index < -0.39 is 0 Å². The molecule has 0 spiro atoms. The van der Waals surface area contributed by atoms with Gasteiger partial charge in [-0.1, -0.05) is 13.8 Å². The number of ether oxygens (including phenoxy) is 1. The third kappa shape index (κ3) is 3.72. The Morgan fingerprint density at radius 1 is 1.19 bits per heavy atom. The van der Waals surface area contributed by atoms with Crippen LogP contribution in [0, 0.1) is 0 Å². The van der Waals surface area contributed by atoms with Gasteiger partial charge in [0.1, 0.15) is 29.2 Å². The molecule has 1 saturated heterocycles. The van der Waals surface area contributed by atoms with E-state index in [9.17, 15) is 4.79 Å². The molecule has 2 aromatic heterocycles. The van der Waals surface area contributed by atoms with E-state index in [1.54, 1.807) is 12.4 Å². The van der Waals surface area contributed by atoms with Gasteiger partial charge in [-0.3, -0.25) is 9.78 Å². The third-order valence-electron chi connectivity index (χ3n) is 5.09. The molecule has 2 aromatic rings. The van der Waals surface area contributed by atoms with Crippen molar-refractivity contribution in [2.45, 2.75) is 45.1 Å². The minimum Gasteiger partial charge on any atom is -0.490 e. The van der Waals surface area contributed by atoms with Gasteiger partial charge >= 0.3 is 0 Å². The fourth-order valence-electron chi connectivity index (χ4n) is 3.61. The molecular formula is C20H25N5O2. The molecule has 0 radical (unpaired) electrons. The van der Waals surface area contributed by atoms with Crippen LogP contribution in [-0.4, -0.2) is 46.6 Å². The number of carbonyl (C=O) groups excluding carboxylic acids is 1. The summed E-state index contributed by atoms with van der Waals surface area (Å²) in [7, 11) is 0. The van der Waals surface area contributed by atoms with Gasteiger partial charge in [0.05, 0.1) is 0 Å². The fraction of sp³-hybridized carbons (Fsp3) is 0.500. The Kier molecular flexibility index (Phi) is 4.92. The quantitative estimate of drug-likeness (QED) is 0.893. The average molecular weight is 367 g/mol. The zero-order valence-electron chi connectivity index (χ0n) is 15.8. The van der Waals surface area contributed by atoms with Gasteiger partial charge in [-0.15, -0.1) is 0 Å². The zero-order valence-corrected chi connectivity index (χ0v) is 15.8. The monoisotopic (exact) mass is 367 g/mol. The van der Waals surface area contributed by atoms with Gasteiger partial charge in [0.15, 0.2) is 0 Å². The molecule has 4 rings (SSSR count). The molecule has 7 nitrogen and oxygen atoms in total. The van der Waals surface area contributed by atoms with Gasteiger partial charge in [-0.2, -0.15) is 0 Å². The van der Waals surface area contributed by atoms with Crippen LogP contribution in [0.3, 0.4) is 0 Å². The molecule has 0 bridgehead atoms. The lowest BCUT2D eigenvalue weighted by atomic mass is 10.0. The molecule has 1 amide bonds. The summed E-state index contributed by atoms with van der Waals surface area (Å²) in [6, 6.07) is 3.78. The predicted molar refractivity (Wildman–Crippen MR) is 102 cm³/mol. The summed E-state index contributed by atoms with van der Waals surface area (Å²) >= 11 is 0. The Bertz CT molecular complexity index is 817. The maximum atomic E-state index is 12.3. The second-order valence-electron chi connectivity index (χ2n) is 7.38. The Balaban J connectivity index is 1.53. The van der Waals surface area contributed by atoms with Crippen molar-refractivity contribution in [1.29, 1.82) is 0 Å². The first kappa shape index (κ1) is 17.7. The molecule has 142 valence electrons. The van der Waals surface area contributed by atoms with E-state index in [-0.39, 0.29) is 17.9 Å². The predicted octanol–water partition coefficient (Wildman–Crippen LogP) is 2.33. The molecule has 1 N–H and O–H groups in total.